The van der Waals surface area contributed by atoms with E-state index in [2.05, 4.69) is 15.3 Å². The molecule has 1 aromatic rings. The van der Waals surface area contributed by atoms with Crippen molar-refractivity contribution in [2.75, 3.05) is 65.0 Å². The highest BCUT2D eigenvalue weighted by Gasteiger charge is 2.35. The smallest absolute Gasteiger partial charge is 0.227 e. The molecule has 10 heteroatoms. The first kappa shape index (κ1) is 27.0. The Morgan fingerprint density at radius 3 is 2.66 bits per heavy atom. The summed E-state index contributed by atoms with van der Waals surface area (Å²) < 4.78 is 10.5. The van der Waals surface area contributed by atoms with E-state index in [1.807, 2.05) is 25.7 Å². The Morgan fingerprint density at radius 1 is 1.26 bits per heavy atom. The van der Waals surface area contributed by atoms with Gasteiger partial charge in [-0.15, -0.1) is 0 Å². The molecule has 1 aromatic heterocycles. The molecule has 2 aliphatic rings. The number of rotatable bonds is 10. The van der Waals surface area contributed by atoms with Crippen LogP contribution in [0.1, 0.15) is 56.2 Å². The maximum atomic E-state index is 13.4. The number of nitrogens with zero attached hydrogens (tertiary/aromatic N) is 4. The van der Waals surface area contributed by atoms with Crippen LogP contribution in [0.3, 0.4) is 0 Å². The zero-order valence-electron chi connectivity index (χ0n) is 21.4. The standard InChI is InChI=1S/C25H39N5O5/c1-25(2,3)24-27-14-20(22(28-24)26-6-5-9-34-4)21(32)13-18-12-19(16-29(15-18)17-31)23(33)30-7-10-35-11-8-30/h14,17-19H,5-13,15-16H2,1-4H3,(H,26,27,28). The number of ketones is 1. The maximum absolute atomic E-state index is 13.4. The Morgan fingerprint density at radius 2 is 2.00 bits per heavy atom. The number of carbonyl (C=O) groups is 3. The summed E-state index contributed by atoms with van der Waals surface area (Å²) in [5.74, 6) is 0.709. The van der Waals surface area contributed by atoms with Gasteiger partial charge in [-0.25, -0.2) is 9.97 Å². The summed E-state index contributed by atoms with van der Waals surface area (Å²) in [4.78, 5) is 50.7. The number of piperidine rings is 1. The topological polar surface area (TPSA) is 114 Å². The Balaban J connectivity index is 1.73. The molecule has 0 bridgehead atoms. The largest absolute Gasteiger partial charge is 0.385 e. The number of morpholine rings is 1. The number of hydrogen-bond donors (Lipinski definition) is 1. The van der Waals surface area contributed by atoms with Crippen molar-refractivity contribution in [3.8, 4) is 0 Å². The van der Waals surface area contributed by atoms with E-state index in [1.165, 1.54) is 0 Å². The Bertz CT molecular complexity index is 881. The van der Waals surface area contributed by atoms with E-state index in [0.717, 1.165) is 12.8 Å². The molecular formula is C25H39N5O5. The second-order valence-corrected chi connectivity index (χ2v) is 10.4. The van der Waals surface area contributed by atoms with Gasteiger partial charge in [0.2, 0.25) is 12.3 Å². The highest BCUT2D eigenvalue weighted by Crippen LogP contribution is 2.29. The van der Waals surface area contributed by atoms with Gasteiger partial charge in [-0.3, -0.25) is 14.4 Å². The molecule has 2 amide bonds. The Kier molecular flexibility index (Phi) is 9.56. The van der Waals surface area contributed by atoms with Crippen molar-refractivity contribution in [2.45, 2.75) is 45.4 Å². The lowest BCUT2D eigenvalue weighted by Gasteiger charge is -2.38. The van der Waals surface area contributed by atoms with Gasteiger partial charge in [0.15, 0.2) is 5.78 Å². The minimum Gasteiger partial charge on any atom is -0.385 e. The van der Waals surface area contributed by atoms with Gasteiger partial charge in [-0.05, 0) is 18.8 Å². The molecule has 10 nitrogen and oxygen atoms in total. The molecule has 0 spiro atoms. The third kappa shape index (κ3) is 7.44. The van der Waals surface area contributed by atoms with Crippen LogP contribution >= 0.6 is 0 Å². The average Bonchev–Trinajstić information content (AvgIpc) is 2.85. The van der Waals surface area contributed by atoms with Crippen LogP contribution in [0.5, 0.6) is 0 Å². The monoisotopic (exact) mass is 489 g/mol. The summed E-state index contributed by atoms with van der Waals surface area (Å²) >= 11 is 0. The van der Waals surface area contributed by atoms with E-state index < -0.39 is 0 Å². The van der Waals surface area contributed by atoms with E-state index >= 15 is 0 Å². The van der Waals surface area contributed by atoms with Crippen molar-refractivity contribution in [1.82, 2.24) is 19.8 Å². The first-order valence-corrected chi connectivity index (χ1v) is 12.4. The normalized spacial score (nSPS) is 21.0. The molecule has 3 rings (SSSR count). The third-order valence-electron chi connectivity index (χ3n) is 6.44. The third-order valence-corrected chi connectivity index (χ3v) is 6.44. The van der Waals surface area contributed by atoms with Crippen LogP contribution in [0.2, 0.25) is 0 Å². The van der Waals surface area contributed by atoms with Crippen molar-refractivity contribution < 1.29 is 23.9 Å². The summed E-state index contributed by atoms with van der Waals surface area (Å²) in [5, 5.41) is 3.28. The van der Waals surface area contributed by atoms with Crippen LogP contribution in [-0.2, 0) is 24.5 Å². The second-order valence-electron chi connectivity index (χ2n) is 10.4. The maximum Gasteiger partial charge on any atom is 0.227 e. The van der Waals surface area contributed by atoms with Crippen molar-refractivity contribution in [2.24, 2.45) is 11.8 Å². The van der Waals surface area contributed by atoms with Crippen LogP contribution in [0.4, 0.5) is 5.82 Å². The zero-order valence-corrected chi connectivity index (χ0v) is 21.4. The van der Waals surface area contributed by atoms with Gasteiger partial charge >= 0.3 is 0 Å². The number of methoxy groups -OCH3 is 1. The molecular weight excluding hydrogens is 450 g/mol. The first-order chi connectivity index (χ1) is 16.7. The van der Waals surface area contributed by atoms with Crippen molar-refractivity contribution in [1.29, 1.82) is 0 Å². The highest BCUT2D eigenvalue weighted by molar-refractivity contribution is 6.00. The number of hydrogen-bond acceptors (Lipinski definition) is 8. The quantitative estimate of drug-likeness (QED) is 0.300. The zero-order chi connectivity index (χ0) is 25.4. The van der Waals surface area contributed by atoms with Gasteiger partial charge in [-0.1, -0.05) is 20.8 Å². The second kappa shape index (κ2) is 12.4. The predicted octanol–water partition coefficient (Wildman–Crippen LogP) is 1.75. The van der Waals surface area contributed by atoms with Crippen molar-refractivity contribution in [3.63, 3.8) is 0 Å². The van der Waals surface area contributed by atoms with E-state index in [1.54, 1.807) is 18.2 Å². The van der Waals surface area contributed by atoms with Gasteiger partial charge < -0.3 is 24.6 Å². The molecule has 35 heavy (non-hydrogen) atoms. The van der Waals surface area contributed by atoms with Gasteiger partial charge in [0, 0.05) is 64.5 Å². The molecule has 3 heterocycles. The summed E-state index contributed by atoms with van der Waals surface area (Å²) in [6.07, 6.45) is 3.96. The molecule has 0 aliphatic carbocycles. The number of anilines is 1. The number of nitrogens with one attached hydrogen (secondary N) is 1. The lowest BCUT2D eigenvalue weighted by Crippen LogP contribution is -2.50. The minimum atomic E-state index is -0.309. The van der Waals surface area contributed by atoms with E-state index in [9.17, 15) is 14.4 Å². The van der Waals surface area contributed by atoms with Crippen LogP contribution < -0.4 is 5.32 Å². The lowest BCUT2D eigenvalue weighted by atomic mass is 9.84. The molecule has 194 valence electrons. The van der Waals surface area contributed by atoms with Crippen LogP contribution in [0.15, 0.2) is 6.20 Å². The molecule has 2 unspecified atom stereocenters. The molecule has 0 aromatic carbocycles. The Hall–Kier alpha value is -2.59. The van der Waals surface area contributed by atoms with Gasteiger partial charge in [0.25, 0.3) is 0 Å². The number of likely N-dealkylation sites (tertiary alicyclic amines) is 1. The SMILES string of the molecule is COCCCNc1nc(C(C)(C)C)ncc1C(=O)CC1CC(C(=O)N2CCOCC2)CN(C=O)C1. The Labute approximate surface area is 207 Å². The summed E-state index contributed by atoms with van der Waals surface area (Å²) in [6, 6.07) is 0. The van der Waals surface area contributed by atoms with Gasteiger partial charge in [0.05, 0.1) is 24.7 Å². The lowest BCUT2D eigenvalue weighted by molar-refractivity contribution is -0.143. The molecule has 0 radical (unpaired) electrons. The number of ether oxygens (including phenoxy) is 2. The highest BCUT2D eigenvalue weighted by atomic mass is 16.5. The van der Waals surface area contributed by atoms with Crippen molar-refractivity contribution >= 4 is 23.9 Å². The minimum absolute atomic E-state index is 0.0376. The molecule has 2 fully saturated rings. The molecule has 1 N–H and O–H groups in total. The number of aromatic nitrogens is 2. The summed E-state index contributed by atoms with van der Waals surface area (Å²) in [7, 11) is 1.65. The van der Waals surface area contributed by atoms with E-state index in [4.69, 9.17) is 9.47 Å². The molecule has 2 atom stereocenters. The fourth-order valence-electron chi connectivity index (χ4n) is 4.57. The molecule has 0 saturated carbocycles. The first-order valence-electron chi connectivity index (χ1n) is 12.4. The average molecular weight is 490 g/mol. The van der Waals surface area contributed by atoms with Gasteiger partial charge in [-0.2, -0.15) is 0 Å². The summed E-state index contributed by atoms with van der Waals surface area (Å²) in [5.41, 5.74) is 0.181. The number of amides is 2. The fourth-order valence-corrected chi connectivity index (χ4v) is 4.57. The van der Waals surface area contributed by atoms with E-state index in [-0.39, 0.29) is 35.4 Å². The van der Waals surface area contributed by atoms with Crippen LogP contribution in [0.25, 0.3) is 0 Å². The van der Waals surface area contributed by atoms with Gasteiger partial charge in [0.1, 0.15) is 11.6 Å². The van der Waals surface area contributed by atoms with Crippen molar-refractivity contribution in [3.05, 3.63) is 17.6 Å². The predicted molar refractivity (Wildman–Crippen MR) is 131 cm³/mol. The summed E-state index contributed by atoms with van der Waals surface area (Å²) in [6.45, 7) is 10.3. The number of Topliss-reactive ketones (excluding diaryl/α,β-unsaturated/α-hetero) is 1. The van der Waals surface area contributed by atoms with E-state index in [0.29, 0.717) is 76.2 Å². The molecule has 2 aliphatic heterocycles. The van der Waals surface area contributed by atoms with Crippen LogP contribution in [-0.4, -0.2) is 97.5 Å². The number of carbonyl (C=O) groups excluding carboxylic acids is 3. The molecule has 2 saturated heterocycles. The van der Waals surface area contributed by atoms with Crippen LogP contribution in [0, 0.1) is 11.8 Å². The fraction of sp³-hybridized carbons (Fsp3) is 0.720.